The van der Waals surface area contributed by atoms with Crippen LogP contribution in [0.15, 0.2) is 53.7 Å². The monoisotopic (exact) mass is 514 g/mol. The number of rotatable bonds is 11. The van der Waals surface area contributed by atoms with Gasteiger partial charge in [0, 0.05) is 24.0 Å². The smallest absolute Gasteiger partial charge is 0.341 e. The van der Waals surface area contributed by atoms with E-state index in [0.717, 1.165) is 21.7 Å². The largest absolute Gasteiger partial charge is 0.462 e. The van der Waals surface area contributed by atoms with Crippen molar-refractivity contribution in [1.82, 2.24) is 19.3 Å². The molecular formula is C25H27ClN4O4S. The van der Waals surface area contributed by atoms with Gasteiger partial charge in [0.05, 0.1) is 47.6 Å². The zero-order valence-electron chi connectivity index (χ0n) is 19.9. The van der Waals surface area contributed by atoms with E-state index in [0.29, 0.717) is 29.7 Å². The van der Waals surface area contributed by atoms with Gasteiger partial charge >= 0.3 is 5.97 Å². The lowest BCUT2D eigenvalue weighted by molar-refractivity contribution is 0.0356. The molecule has 0 bridgehead atoms. The molecule has 184 valence electrons. The Morgan fingerprint density at radius 1 is 1.17 bits per heavy atom. The molecule has 4 aromatic rings. The average molecular weight is 515 g/mol. The minimum atomic E-state index is -0.435. The Labute approximate surface area is 213 Å². The Morgan fingerprint density at radius 2 is 1.97 bits per heavy atom. The van der Waals surface area contributed by atoms with Gasteiger partial charge in [-0.1, -0.05) is 41.4 Å². The summed E-state index contributed by atoms with van der Waals surface area (Å²) < 4.78 is 19.4. The van der Waals surface area contributed by atoms with E-state index in [-0.39, 0.29) is 13.3 Å². The highest BCUT2D eigenvalue weighted by Gasteiger charge is 2.18. The number of imidazole rings is 1. The van der Waals surface area contributed by atoms with E-state index in [9.17, 15) is 4.79 Å². The van der Waals surface area contributed by atoms with Crippen molar-refractivity contribution in [2.45, 2.75) is 31.2 Å². The molecule has 0 N–H and O–H groups in total. The molecule has 35 heavy (non-hydrogen) atoms. The molecule has 4 rings (SSSR count). The molecule has 10 heteroatoms. The maximum atomic E-state index is 12.1. The topological polar surface area (TPSA) is 80.4 Å². The molecule has 0 aliphatic heterocycles. The van der Waals surface area contributed by atoms with Crippen LogP contribution >= 0.6 is 23.4 Å². The third-order valence-electron chi connectivity index (χ3n) is 5.25. The molecule has 0 fully saturated rings. The number of hydrogen-bond acceptors (Lipinski definition) is 7. The van der Waals surface area contributed by atoms with Gasteiger partial charge in [-0.05, 0) is 31.5 Å². The fourth-order valence-corrected chi connectivity index (χ4v) is 4.65. The molecular weight excluding hydrogens is 488 g/mol. The third-order valence-corrected chi connectivity index (χ3v) is 6.80. The number of thioether (sulfide) groups is 1. The van der Waals surface area contributed by atoms with Gasteiger partial charge < -0.3 is 14.2 Å². The van der Waals surface area contributed by atoms with E-state index < -0.39 is 5.97 Å². The van der Waals surface area contributed by atoms with E-state index in [1.165, 1.54) is 17.3 Å². The third kappa shape index (κ3) is 6.05. The fourth-order valence-electron chi connectivity index (χ4n) is 3.42. The summed E-state index contributed by atoms with van der Waals surface area (Å²) in [5, 5.41) is 4.96. The summed E-state index contributed by atoms with van der Waals surface area (Å²) in [6, 6.07) is 12.3. The summed E-state index contributed by atoms with van der Waals surface area (Å²) >= 11 is 8.34. The van der Waals surface area contributed by atoms with Gasteiger partial charge in [0.2, 0.25) is 5.95 Å². The molecule has 0 radical (unpaired) electrons. The second kappa shape index (κ2) is 11.7. The lowest BCUT2D eigenvalue weighted by Crippen LogP contribution is -2.12. The van der Waals surface area contributed by atoms with E-state index in [2.05, 4.69) is 36.3 Å². The second-order valence-electron chi connectivity index (χ2n) is 7.81. The lowest BCUT2D eigenvalue weighted by Gasteiger charge is -2.10. The first-order valence-corrected chi connectivity index (χ1v) is 12.5. The summed E-state index contributed by atoms with van der Waals surface area (Å²) in [5.41, 5.74) is 4.35. The SMILES string of the molecule is CCOC(=O)c1cnn(-c2nc3cc(SCc4ccc(C)cc4)c(Cl)cc3n2COCCOC)c1. The van der Waals surface area contributed by atoms with Gasteiger partial charge in [-0.15, -0.1) is 11.8 Å². The van der Waals surface area contributed by atoms with Crippen LogP contribution < -0.4 is 0 Å². The van der Waals surface area contributed by atoms with Crippen molar-refractivity contribution < 1.29 is 19.0 Å². The first kappa shape index (κ1) is 25.2. The van der Waals surface area contributed by atoms with Crippen LogP contribution in [0.4, 0.5) is 0 Å². The molecule has 0 amide bonds. The van der Waals surface area contributed by atoms with Crippen LogP contribution in [0, 0.1) is 6.92 Å². The maximum absolute atomic E-state index is 12.1. The summed E-state index contributed by atoms with van der Waals surface area (Å²) in [5.74, 6) is 0.863. The number of hydrogen-bond donors (Lipinski definition) is 0. The maximum Gasteiger partial charge on any atom is 0.341 e. The Balaban J connectivity index is 1.66. The Hall–Kier alpha value is -2.85. The number of carbonyl (C=O) groups excluding carboxylic acids is 1. The molecule has 0 aliphatic carbocycles. The van der Waals surface area contributed by atoms with Crippen molar-refractivity contribution in [2.75, 3.05) is 26.9 Å². The summed E-state index contributed by atoms with van der Waals surface area (Å²) in [6.45, 7) is 5.23. The van der Waals surface area contributed by atoms with Crippen molar-refractivity contribution in [3.63, 3.8) is 0 Å². The summed E-state index contributed by atoms with van der Waals surface area (Å²) in [6.07, 6.45) is 3.06. The van der Waals surface area contributed by atoms with Crippen molar-refractivity contribution in [3.05, 3.63) is 70.5 Å². The minimum absolute atomic E-state index is 0.218. The minimum Gasteiger partial charge on any atom is -0.462 e. The average Bonchev–Trinajstić information content (AvgIpc) is 3.47. The van der Waals surface area contributed by atoms with Crippen molar-refractivity contribution in [1.29, 1.82) is 0 Å². The molecule has 2 aromatic heterocycles. The quantitative estimate of drug-likeness (QED) is 0.153. The fraction of sp³-hybridized carbons (Fsp3) is 0.320. The van der Waals surface area contributed by atoms with Gasteiger partial charge in [0.1, 0.15) is 6.73 Å². The van der Waals surface area contributed by atoms with Crippen LogP contribution in [0.2, 0.25) is 5.02 Å². The van der Waals surface area contributed by atoms with Gasteiger partial charge in [0.15, 0.2) is 0 Å². The highest BCUT2D eigenvalue weighted by molar-refractivity contribution is 7.98. The van der Waals surface area contributed by atoms with E-state index in [4.69, 9.17) is 30.8 Å². The Bertz CT molecular complexity index is 1300. The predicted octanol–water partition coefficient (Wildman–Crippen LogP) is 5.27. The van der Waals surface area contributed by atoms with Crippen LogP contribution in [0.3, 0.4) is 0 Å². The number of esters is 1. The molecule has 0 unspecified atom stereocenters. The molecule has 0 atom stereocenters. The van der Waals surface area contributed by atoms with Gasteiger partial charge in [-0.2, -0.15) is 5.10 Å². The van der Waals surface area contributed by atoms with E-state index in [1.807, 2.05) is 16.7 Å². The van der Waals surface area contributed by atoms with Crippen LogP contribution in [0.25, 0.3) is 17.0 Å². The number of benzene rings is 2. The normalized spacial score (nSPS) is 11.3. The number of aromatic nitrogens is 4. The highest BCUT2D eigenvalue weighted by Crippen LogP contribution is 2.34. The zero-order valence-corrected chi connectivity index (χ0v) is 21.4. The number of carbonyl (C=O) groups is 1. The lowest BCUT2D eigenvalue weighted by atomic mass is 10.2. The predicted molar refractivity (Wildman–Crippen MR) is 136 cm³/mol. The number of fused-ring (bicyclic) bond motifs is 1. The zero-order chi connectivity index (χ0) is 24.8. The number of ether oxygens (including phenoxy) is 3. The van der Waals surface area contributed by atoms with Crippen LogP contribution in [-0.4, -0.2) is 52.2 Å². The van der Waals surface area contributed by atoms with Gasteiger partial charge in [-0.25, -0.2) is 14.5 Å². The molecule has 2 aromatic carbocycles. The van der Waals surface area contributed by atoms with E-state index in [1.54, 1.807) is 36.7 Å². The second-order valence-corrected chi connectivity index (χ2v) is 9.23. The summed E-state index contributed by atoms with van der Waals surface area (Å²) in [4.78, 5) is 17.9. The molecule has 0 spiro atoms. The van der Waals surface area contributed by atoms with Crippen LogP contribution in [-0.2, 0) is 26.7 Å². The van der Waals surface area contributed by atoms with Crippen molar-refractivity contribution >= 4 is 40.4 Å². The molecule has 0 saturated heterocycles. The van der Waals surface area contributed by atoms with Crippen LogP contribution in [0.1, 0.15) is 28.4 Å². The van der Waals surface area contributed by atoms with Crippen molar-refractivity contribution in [2.24, 2.45) is 0 Å². The molecule has 0 aliphatic rings. The van der Waals surface area contributed by atoms with Crippen molar-refractivity contribution in [3.8, 4) is 5.95 Å². The van der Waals surface area contributed by atoms with Crippen LogP contribution in [0.5, 0.6) is 0 Å². The van der Waals surface area contributed by atoms with Gasteiger partial charge in [0.25, 0.3) is 0 Å². The van der Waals surface area contributed by atoms with E-state index >= 15 is 0 Å². The molecule has 0 saturated carbocycles. The Morgan fingerprint density at radius 3 is 2.71 bits per heavy atom. The summed E-state index contributed by atoms with van der Waals surface area (Å²) in [7, 11) is 1.62. The van der Waals surface area contributed by atoms with Gasteiger partial charge in [-0.3, -0.25) is 4.57 Å². The number of nitrogens with zero attached hydrogens (tertiary/aromatic N) is 4. The number of halogens is 1. The first-order chi connectivity index (χ1) is 17.0. The Kier molecular flexibility index (Phi) is 8.46. The number of aryl methyl sites for hydroxylation is 1. The molecule has 8 nitrogen and oxygen atoms in total. The highest BCUT2D eigenvalue weighted by atomic mass is 35.5. The standard InChI is InChI=1S/C25H27ClN4O4S/c1-4-34-24(31)19-13-27-30(14-19)25-28-21-12-23(35-15-18-7-5-17(2)6-8-18)20(26)11-22(21)29(25)16-33-10-9-32-3/h5-8,11-14H,4,9-10,15-16H2,1-3H3. The number of methoxy groups -OCH3 is 1. The first-order valence-electron chi connectivity index (χ1n) is 11.2. The molecule has 2 heterocycles.